The van der Waals surface area contributed by atoms with Gasteiger partial charge >= 0.3 is 0 Å². The molecule has 1 aliphatic carbocycles. The van der Waals surface area contributed by atoms with Crippen LogP contribution in [-0.2, 0) is 10.5 Å². The van der Waals surface area contributed by atoms with Crippen molar-refractivity contribution in [2.24, 2.45) is 0 Å². The van der Waals surface area contributed by atoms with Gasteiger partial charge in [-0.3, -0.25) is 4.79 Å². The molecule has 1 atom stereocenters. The highest BCUT2D eigenvalue weighted by Crippen LogP contribution is 2.45. The average molecular weight is 604 g/mol. The van der Waals surface area contributed by atoms with Crippen LogP contribution < -0.4 is 14.8 Å². The molecule has 1 N–H and O–H groups in total. The zero-order valence-corrected chi connectivity index (χ0v) is 23.9. The lowest BCUT2D eigenvalue weighted by Gasteiger charge is -2.32. The first kappa shape index (κ1) is 26.1. The fourth-order valence-corrected chi connectivity index (χ4v) is 6.31. The van der Waals surface area contributed by atoms with E-state index in [2.05, 4.69) is 28.2 Å². The van der Waals surface area contributed by atoms with Crippen LogP contribution >= 0.6 is 39.3 Å². The number of nitrogens with one attached hydrogen (secondary N) is 1. The third-order valence-corrected chi connectivity index (χ3v) is 8.32. The maximum Gasteiger partial charge on any atom is 0.227 e. The second kappa shape index (κ2) is 11.5. The monoisotopic (exact) mass is 602 g/mol. The average Bonchev–Trinajstić information content (AvgIpc) is 3.30. The van der Waals surface area contributed by atoms with Crippen LogP contribution in [0.25, 0.3) is 0 Å². The van der Waals surface area contributed by atoms with Crippen LogP contribution in [0.1, 0.15) is 56.2 Å². The van der Waals surface area contributed by atoms with E-state index >= 15 is 0 Å². The van der Waals surface area contributed by atoms with Gasteiger partial charge in [-0.2, -0.15) is 4.98 Å². The molecular formula is C27H28BrClN4O3S. The van der Waals surface area contributed by atoms with E-state index in [0.717, 1.165) is 57.6 Å². The standard InChI is InChI=1S/C27H28BrClN4O3S/c1-3-4-12-36-25-18(28)13-17(14-22(25)35-2)24-23-20(10-7-11-21(23)34)30-26-31-27(32-33(24)26)37-15-16-8-5-6-9-19(16)29/h5-6,8-9,13-14,24H,3-4,7,10-12,15H2,1-2H3,(H,30,31,32). The van der Waals surface area contributed by atoms with Crippen molar-refractivity contribution in [3.05, 3.63) is 68.3 Å². The molecule has 2 aliphatic rings. The second-order valence-electron chi connectivity index (χ2n) is 8.98. The summed E-state index contributed by atoms with van der Waals surface area (Å²) in [5, 5.41) is 9.56. The van der Waals surface area contributed by atoms with E-state index in [9.17, 15) is 4.79 Å². The number of unbranched alkanes of at least 4 members (excludes halogenated alkanes) is 1. The summed E-state index contributed by atoms with van der Waals surface area (Å²) < 4.78 is 14.3. The maximum absolute atomic E-state index is 13.2. The molecule has 0 saturated heterocycles. The molecule has 2 aromatic carbocycles. The summed E-state index contributed by atoms with van der Waals surface area (Å²) in [5.74, 6) is 2.66. The van der Waals surface area contributed by atoms with Crippen molar-refractivity contribution in [2.45, 2.75) is 56.0 Å². The lowest BCUT2D eigenvalue weighted by Crippen LogP contribution is -2.31. The minimum Gasteiger partial charge on any atom is -0.493 e. The number of fused-ring (bicyclic) bond motifs is 1. The zero-order valence-electron chi connectivity index (χ0n) is 20.7. The Bertz CT molecular complexity index is 1360. The molecule has 0 amide bonds. The van der Waals surface area contributed by atoms with Crippen LogP contribution in [0.15, 0.2) is 57.3 Å². The van der Waals surface area contributed by atoms with Gasteiger partial charge in [0.15, 0.2) is 17.3 Å². The van der Waals surface area contributed by atoms with Crippen LogP contribution in [0.4, 0.5) is 5.95 Å². The molecule has 0 fully saturated rings. The quantitative estimate of drug-likeness (QED) is 0.205. The number of allylic oxidation sites excluding steroid dienone is 2. The third-order valence-electron chi connectivity index (χ3n) is 6.48. The largest absolute Gasteiger partial charge is 0.493 e. The van der Waals surface area contributed by atoms with Crippen LogP contribution in [0, 0.1) is 0 Å². The Morgan fingerprint density at radius 1 is 1.27 bits per heavy atom. The van der Waals surface area contributed by atoms with Gasteiger partial charge in [-0.25, -0.2) is 4.68 Å². The zero-order chi connectivity index (χ0) is 25.9. The molecule has 0 saturated carbocycles. The number of carbonyl (C=O) groups excluding carboxylic acids is 1. The molecule has 37 heavy (non-hydrogen) atoms. The van der Waals surface area contributed by atoms with E-state index in [1.807, 2.05) is 41.1 Å². The van der Waals surface area contributed by atoms with Crippen molar-refractivity contribution in [3.63, 3.8) is 0 Å². The summed E-state index contributed by atoms with van der Waals surface area (Å²) in [7, 11) is 1.63. The number of hydrogen-bond acceptors (Lipinski definition) is 7. The lowest BCUT2D eigenvalue weighted by molar-refractivity contribution is -0.116. The summed E-state index contributed by atoms with van der Waals surface area (Å²) in [6.07, 6.45) is 4.12. The number of ketones is 1. The fourth-order valence-electron chi connectivity index (χ4n) is 4.62. The minimum absolute atomic E-state index is 0.128. The summed E-state index contributed by atoms with van der Waals surface area (Å²) in [4.78, 5) is 18.0. The Balaban J connectivity index is 1.53. The lowest BCUT2D eigenvalue weighted by atomic mass is 9.85. The number of thioether (sulfide) groups is 1. The summed E-state index contributed by atoms with van der Waals surface area (Å²) in [6.45, 7) is 2.73. The number of methoxy groups -OCH3 is 1. The van der Waals surface area contributed by atoms with Crippen LogP contribution in [0.5, 0.6) is 11.5 Å². The van der Waals surface area contributed by atoms with E-state index in [1.54, 1.807) is 7.11 Å². The summed E-state index contributed by atoms with van der Waals surface area (Å²) in [5.41, 5.74) is 3.55. The highest BCUT2D eigenvalue weighted by atomic mass is 79.9. The molecule has 7 nitrogen and oxygen atoms in total. The van der Waals surface area contributed by atoms with Gasteiger partial charge in [-0.15, -0.1) is 5.10 Å². The Labute approximate surface area is 234 Å². The number of carbonyl (C=O) groups is 1. The van der Waals surface area contributed by atoms with Crippen molar-refractivity contribution in [2.75, 3.05) is 19.0 Å². The first-order valence-electron chi connectivity index (χ1n) is 12.4. The number of Topliss-reactive ketones (excluding diaryl/α,β-unsaturated/α-hetero) is 1. The van der Waals surface area contributed by atoms with Crippen LogP contribution in [0.2, 0.25) is 5.02 Å². The van der Waals surface area contributed by atoms with Crippen molar-refractivity contribution < 1.29 is 14.3 Å². The van der Waals surface area contributed by atoms with Gasteiger partial charge in [0, 0.05) is 28.5 Å². The summed E-state index contributed by atoms with van der Waals surface area (Å²) >= 11 is 11.5. The van der Waals surface area contributed by atoms with Crippen molar-refractivity contribution in [1.82, 2.24) is 14.8 Å². The summed E-state index contributed by atoms with van der Waals surface area (Å²) in [6, 6.07) is 11.3. The van der Waals surface area contributed by atoms with Gasteiger partial charge in [-0.1, -0.05) is 54.9 Å². The van der Waals surface area contributed by atoms with Gasteiger partial charge < -0.3 is 14.8 Å². The first-order valence-corrected chi connectivity index (χ1v) is 14.5. The molecule has 0 spiro atoms. The highest BCUT2D eigenvalue weighted by Gasteiger charge is 2.37. The topological polar surface area (TPSA) is 78.3 Å². The molecule has 1 aromatic heterocycles. The van der Waals surface area contributed by atoms with Crippen LogP contribution in [-0.4, -0.2) is 34.3 Å². The number of nitrogens with zero attached hydrogens (tertiary/aromatic N) is 3. The van der Waals surface area contributed by atoms with Crippen LogP contribution in [0.3, 0.4) is 0 Å². The SMILES string of the molecule is CCCCOc1c(Br)cc(C2C3=C(CCCC3=O)Nc3nc(SCc4ccccc4Cl)nn32)cc1OC. The number of benzene rings is 2. The fraction of sp³-hybridized carbons (Fsp3) is 0.370. The molecule has 2 heterocycles. The maximum atomic E-state index is 13.2. The molecular weight excluding hydrogens is 576 g/mol. The molecule has 194 valence electrons. The van der Waals surface area contributed by atoms with E-state index in [4.69, 9.17) is 31.2 Å². The molecule has 1 unspecified atom stereocenters. The van der Waals surface area contributed by atoms with E-state index in [-0.39, 0.29) is 5.78 Å². The number of halogens is 2. The normalized spacial score (nSPS) is 16.8. The molecule has 1 aliphatic heterocycles. The minimum atomic E-state index is -0.420. The number of rotatable bonds is 9. The van der Waals surface area contributed by atoms with E-state index < -0.39 is 6.04 Å². The molecule has 10 heteroatoms. The highest BCUT2D eigenvalue weighted by molar-refractivity contribution is 9.10. The molecule has 0 radical (unpaired) electrons. The van der Waals surface area contributed by atoms with E-state index in [1.165, 1.54) is 11.8 Å². The Morgan fingerprint density at radius 2 is 2.11 bits per heavy atom. The third kappa shape index (κ3) is 5.40. The van der Waals surface area contributed by atoms with Gasteiger partial charge in [0.25, 0.3) is 0 Å². The van der Waals surface area contributed by atoms with Crippen molar-refractivity contribution in [3.8, 4) is 11.5 Å². The number of ether oxygens (including phenoxy) is 2. The predicted molar refractivity (Wildman–Crippen MR) is 150 cm³/mol. The first-order chi connectivity index (χ1) is 18.0. The van der Waals surface area contributed by atoms with Crippen molar-refractivity contribution >= 4 is 51.0 Å². The number of hydrogen-bond donors (Lipinski definition) is 1. The van der Waals surface area contributed by atoms with Gasteiger partial charge in [0.1, 0.15) is 6.04 Å². The number of aromatic nitrogens is 3. The second-order valence-corrected chi connectivity index (χ2v) is 11.2. The van der Waals surface area contributed by atoms with Gasteiger partial charge in [0.05, 0.1) is 18.2 Å². The predicted octanol–water partition coefficient (Wildman–Crippen LogP) is 7.20. The van der Waals surface area contributed by atoms with Crippen molar-refractivity contribution in [1.29, 1.82) is 0 Å². The molecule has 0 bridgehead atoms. The van der Waals surface area contributed by atoms with Gasteiger partial charge in [-0.05, 0) is 64.5 Å². The van der Waals surface area contributed by atoms with E-state index in [0.29, 0.717) is 41.4 Å². The smallest absolute Gasteiger partial charge is 0.227 e. The Morgan fingerprint density at radius 3 is 2.89 bits per heavy atom. The van der Waals surface area contributed by atoms with Gasteiger partial charge in [0.2, 0.25) is 11.1 Å². The molecule has 3 aromatic rings. The Kier molecular flexibility index (Phi) is 8.12. The molecule has 5 rings (SSSR count). The number of anilines is 1. The Hall–Kier alpha value is -2.49.